The van der Waals surface area contributed by atoms with Gasteiger partial charge in [0.2, 0.25) is 5.91 Å². The van der Waals surface area contributed by atoms with Crippen molar-refractivity contribution in [2.75, 3.05) is 39.9 Å². The summed E-state index contributed by atoms with van der Waals surface area (Å²) in [5.41, 5.74) is 2.29. The van der Waals surface area contributed by atoms with Crippen LogP contribution in [0.15, 0.2) is 24.3 Å². The highest BCUT2D eigenvalue weighted by atomic mass is 16.5. The third-order valence-corrected chi connectivity index (χ3v) is 3.60. The van der Waals surface area contributed by atoms with Crippen LogP contribution in [0.4, 0.5) is 4.79 Å². The molecule has 1 fully saturated rings. The highest BCUT2D eigenvalue weighted by molar-refractivity contribution is 5.85. The van der Waals surface area contributed by atoms with Crippen LogP contribution in [0.2, 0.25) is 0 Å². The van der Waals surface area contributed by atoms with Crippen LogP contribution in [0.5, 0.6) is 0 Å². The fourth-order valence-electron chi connectivity index (χ4n) is 2.48. The SMILES string of the molecule is COCCNC(=O)CN1CCN(Cc2cccc(C)c2)C1=O. The molecule has 120 valence electrons. The van der Waals surface area contributed by atoms with Crippen molar-refractivity contribution in [2.45, 2.75) is 13.5 Å². The molecule has 3 amide bonds. The number of amides is 3. The maximum absolute atomic E-state index is 12.3. The highest BCUT2D eigenvalue weighted by Gasteiger charge is 2.29. The number of methoxy groups -OCH3 is 1. The van der Waals surface area contributed by atoms with E-state index in [1.165, 1.54) is 5.56 Å². The van der Waals surface area contributed by atoms with Crippen molar-refractivity contribution in [3.8, 4) is 0 Å². The lowest BCUT2D eigenvalue weighted by Crippen LogP contribution is -2.40. The first-order valence-corrected chi connectivity index (χ1v) is 7.45. The second kappa shape index (κ2) is 7.79. The van der Waals surface area contributed by atoms with E-state index in [2.05, 4.69) is 11.4 Å². The molecule has 1 N–H and O–H groups in total. The van der Waals surface area contributed by atoms with Crippen LogP contribution < -0.4 is 5.32 Å². The zero-order valence-electron chi connectivity index (χ0n) is 13.2. The number of aryl methyl sites for hydroxylation is 1. The van der Waals surface area contributed by atoms with E-state index in [1.54, 1.807) is 16.9 Å². The van der Waals surface area contributed by atoms with Gasteiger partial charge in [0.05, 0.1) is 6.61 Å². The molecule has 0 radical (unpaired) electrons. The molecular weight excluding hydrogens is 282 g/mol. The van der Waals surface area contributed by atoms with Gasteiger partial charge in [0.1, 0.15) is 6.54 Å². The molecule has 0 aliphatic carbocycles. The van der Waals surface area contributed by atoms with Crippen LogP contribution in [-0.2, 0) is 16.1 Å². The predicted octanol–water partition coefficient (Wildman–Crippen LogP) is 0.995. The van der Waals surface area contributed by atoms with Crippen molar-refractivity contribution < 1.29 is 14.3 Å². The Labute approximate surface area is 131 Å². The van der Waals surface area contributed by atoms with E-state index in [-0.39, 0.29) is 18.5 Å². The monoisotopic (exact) mass is 305 g/mol. The number of nitrogens with zero attached hydrogens (tertiary/aromatic N) is 2. The van der Waals surface area contributed by atoms with Crippen LogP contribution in [0.3, 0.4) is 0 Å². The van der Waals surface area contributed by atoms with Crippen molar-refractivity contribution in [2.24, 2.45) is 0 Å². The van der Waals surface area contributed by atoms with E-state index in [9.17, 15) is 9.59 Å². The first-order valence-electron chi connectivity index (χ1n) is 7.45. The maximum Gasteiger partial charge on any atom is 0.320 e. The minimum atomic E-state index is -0.150. The van der Waals surface area contributed by atoms with Crippen molar-refractivity contribution >= 4 is 11.9 Å². The van der Waals surface area contributed by atoms with Crippen LogP contribution in [0.25, 0.3) is 0 Å². The number of carbonyl (C=O) groups is 2. The van der Waals surface area contributed by atoms with Gasteiger partial charge >= 0.3 is 6.03 Å². The second-order valence-electron chi connectivity index (χ2n) is 5.46. The van der Waals surface area contributed by atoms with Gasteiger partial charge in [-0.3, -0.25) is 4.79 Å². The smallest absolute Gasteiger partial charge is 0.320 e. The standard InChI is InChI=1S/C16H23N3O3/c1-13-4-3-5-14(10-13)11-18-7-8-19(16(18)21)12-15(20)17-6-9-22-2/h3-5,10H,6-9,11-12H2,1-2H3,(H,17,20). The number of ether oxygens (including phenoxy) is 1. The summed E-state index contributed by atoms with van der Waals surface area (Å²) in [5.74, 6) is -0.150. The number of rotatable bonds is 7. The van der Waals surface area contributed by atoms with Crippen LogP contribution in [-0.4, -0.2) is 61.6 Å². The lowest BCUT2D eigenvalue weighted by Gasteiger charge is -2.18. The molecule has 22 heavy (non-hydrogen) atoms. The summed E-state index contributed by atoms with van der Waals surface area (Å²) in [6, 6.07) is 8.04. The summed E-state index contributed by atoms with van der Waals surface area (Å²) in [5, 5.41) is 2.73. The van der Waals surface area contributed by atoms with Gasteiger partial charge in [0, 0.05) is 33.3 Å². The van der Waals surface area contributed by atoms with E-state index in [0.29, 0.717) is 32.8 Å². The number of urea groups is 1. The minimum Gasteiger partial charge on any atom is -0.383 e. The number of hydrogen-bond acceptors (Lipinski definition) is 3. The number of nitrogens with one attached hydrogen (secondary N) is 1. The zero-order chi connectivity index (χ0) is 15.9. The third-order valence-electron chi connectivity index (χ3n) is 3.60. The van der Waals surface area contributed by atoms with Crippen molar-refractivity contribution in [3.05, 3.63) is 35.4 Å². The topological polar surface area (TPSA) is 61.9 Å². The summed E-state index contributed by atoms with van der Waals surface area (Å²) in [4.78, 5) is 27.4. The lowest BCUT2D eigenvalue weighted by molar-refractivity contribution is -0.121. The lowest BCUT2D eigenvalue weighted by atomic mass is 10.1. The van der Waals surface area contributed by atoms with E-state index >= 15 is 0 Å². The van der Waals surface area contributed by atoms with Gasteiger partial charge in [-0.25, -0.2) is 4.79 Å². The third kappa shape index (κ3) is 4.46. The normalized spacial score (nSPS) is 14.5. The van der Waals surface area contributed by atoms with Crippen LogP contribution >= 0.6 is 0 Å². The molecule has 1 aromatic rings. The Morgan fingerprint density at radius 2 is 2.09 bits per heavy atom. The number of carbonyl (C=O) groups excluding carboxylic acids is 2. The van der Waals surface area contributed by atoms with E-state index in [4.69, 9.17) is 4.74 Å². The summed E-state index contributed by atoms with van der Waals surface area (Å²) < 4.78 is 4.87. The van der Waals surface area contributed by atoms with E-state index in [1.807, 2.05) is 25.1 Å². The molecule has 0 atom stereocenters. The molecule has 1 aliphatic heterocycles. The van der Waals surface area contributed by atoms with Crippen molar-refractivity contribution in [1.82, 2.24) is 15.1 Å². The van der Waals surface area contributed by atoms with Gasteiger partial charge in [-0.05, 0) is 12.5 Å². The number of benzene rings is 1. The van der Waals surface area contributed by atoms with Crippen molar-refractivity contribution in [3.63, 3.8) is 0 Å². The predicted molar refractivity (Wildman–Crippen MR) is 83.4 cm³/mol. The van der Waals surface area contributed by atoms with E-state index < -0.39 is 0 Å². The van der Waals surface area contributed by atoms with Gasteiger partial charge < -0.3 is 19.9 Å². The minimum absolute atomic E-state index is 0.0802. The average Bonchev–Trinajstić information content (AvgIpc) is 2.81. The first kappa shape index (κ1) is 16.3. The molecule has 0 bridgehead atoms. The molecule has 6 heteroatoms. The fourth-order valence-corrected chi connectivity index (χ4v) is 2.48. The van der Waals surface area contributed by atoms with E-state index in [0.717, 1.165) is 5.56 Å². The quantitative estimate of drug-likeness (QED) is 0.764. The summed E-state index contributed by atoms with van der Waals surface area (Å²) in [6.45, 7) is 4.89. The van der Waals surface area contributed by atoms with Gasteiger partial charge in [0.25, 0.3) is 0 Å². The Balaban J connectivity index is 1.83. The second-order valence-corrected chi connectivity index (χ2v) is 5.46. The first-order chi connectivity index (χ1) is 10.6. The molecule has 1 saturated heterocycles. The Bertz CT molecular complexity index is 533. The summed E-state index contributed by atoms with van der Waals surface area (Å²) in [6.07, 6.45) is 0. The molecule has 0 aromatic heterocycles. The van der Waals surface area contributed by atoms with Gasteiger partial charge in [0.15, 0.2) is 0 Å². The van der Waals surface area contributed by atoms with Crippen molar-refractivity contribution in [1.29, 1.82) is 0 Å². The van der Waals surface area contributed by atoms with Crippen LogP contribution in [0.1, 0.15) is 11.1 Å². The average molecular weight is 305 g/mol. The molecule has 0 spiro atoms. The van der Waals surface area contributed by atoms with Crippen LogP contribution in [0, 0.1) is 6.92 Å². The number of hydrogen-bond donors (Lipinski definition) is 1. The zero-order valence-corrected chi connectivity index (χ0v) is 13.2. The molecule has 0 unspecified atom stereocenters. The highest BCUT2D eigenvalue weighted by Crippen LogP contribution is 2.14. The Kier molecular flexibility index (Phi) is 5.77. The summed E-state index contributed by atoms with van der Waals surface area (Å²) >= 11 is 0. The molecule has 1 heterocycles. The van der Waals surface area contributed by atoms with Gasteiger partial charge in [-0.1, -0.05) is 29.8 Å². The molecular formula is C16H23N3O3. The van der Waals surface area contributed by atoms with Gasteiger partial charge in [-0.15, -0.1) is 0 Å². The molecule has 1 aliphatic rings. The molecule has 1 aromatic carbocycles. The maximum atomic E-state index is 12.3. The molecule has 2 rings (SSSR count). The Morgan fingerprint density at radius 3 is 2.82 bits per heavy atom. The van der Waals surface area contributed by atoms with Gasteiger partial charge in [-0.2, -0.15) is 0 Å². The summed E-state index contributed by atoms with van der Waals surface area (Å²) in [7, 11) is 1.58. The fraction of sp³-hybridized carbons (Fsp3) is 0.500. The Morgan fingerprint density at radius 1 is 1.32 bits per heavy atom. The largest absolute Gasteiger partial charge is 0.383 e. The Hall–Kier alpha value is -2.08. The molecule has 6 nitrogen and oxygen atoms in total. The molecule has 0 saturated carbocycles.